The summed E-state index contributed by atoms with van der Waals surface area (Å²) < 4.78 is 6.34. The molecule has 6 heteroatoms. The van der Waals surface area contributed by atoms with Crippen LogP contribution < -0.4 is 0 Å². The van der Waals surface area contributed by atoms with Crippen LogP contribution in [-0.2, 0) is 16.6 Å². The summed E-state index contributed by atoms with van der Waals surface area (Å²) in [4.78, 5) is 25.3. The third-order valence-electron chi connectivity index (χ3n) is 3.18. The van der Waals surface area contributed by atoms with Gasteiger partial charge in [-0.05, 0) is 12.1 Å². The van der Waals surface area contributed by atoms with Crippen molar-refractivity contribution in [3.63, 3.8) is 0 Å². The summed E-state index contributed by atoms with van der Waals surface area (Å²) in [5.74, 6) is -0.761. The number of nitrogens with zero attached hydrogens (tertiary/aromatic N) is 2. The van der Waals surface area contributed by atoms with E-state index >= 15 is 0 Å². The molecule has 6 nitrogen and oxygen atoms in total. The van der Waals surface area contributed by atoms with Gasteiger partial charge in [0.1, 0.15) is 11.7 Å². The molecule has 2 rings (SSSR count). The molecule has 18 heavy (non-hydrogen) atoms. The Bertz CT molecular complexity index is 468. The Morgan fingerprint density at radius 1 is 1.50 bits per heavy atom. The topological polar surface area (TPSA) is 71.8 Å². The fourth-order valence-corrected chi connectivity index (χ4v) is 2.23. The summed E-state index contributed by atoms with van der Waals surface area (Å²) in [6.45, 7) is 0.157. The van der Waals surface area contributed by atoms with Crippen molar-refractivity contribution in [3.8, 4) is 0 Å². The number of aliphatic hydroxyl groups excluding tert-OH is 1. The Morgan fingerprint density at radius 2 is 2.22 bits per heavy atom. The predicted octanol–water partition coefficient (Wildman–Crippen LogP) is -0.227. The van der Waals surface area contributed by atoms with Crippen molar-refractivity contribution in [2.75, 3.05) is 13.7 Å². The maximum absolute atomic E-state index is 12.3. The Balaban J connectivity index is 2.23. The molecule has 1 aromatic heterocycles. The number of hydrogen-bond donors (Lipinski definition) is 1. The quantitative estimate of drug-likeness (QED) is 0.738. The number of carbonyl (C=O) groups excluding carboxylic acids is 2. The molecule has 1 aromatic rings. The van der Waals surface area contributed by atoms with Crippen LogP contribution in [0.3, 0.4) is 0 Å². The van der Waals surface area contributed by atoms with Crippen LogP contribution in [0.2, 0.25) is 0 Å². The largest absolute Gasteiger partial charge is 0.467 e. The average molecular weight is 252 g/mol. The molecule has 1 saturated heterocycles. The molecule has 0 bridgehead atoms. The number of methoxy groups -OCH3 is 1. The first-order valence-corrected chi connectivity index (χ1v) is 5.72. The number of amides is 1. The Kier molecular flexibility index (Phi) is 3.38. The van der Waals surface area contributed by atoms with Crippen molar-refractivity contribution in [2.24, 2.45) is 7.05 Å². The summed E-state index contributed by atoms with van der Waals surface area (Å²) in [5.41, 5.74) is 0.484. The average Bonchev–Trinajstić information content (AvgIpc) is 2.93. The first-order valence-electron chi connectivity index (χ1n) is 5.72. The number of aromatic nitrogens is 1. The van der Waals surface area contributed by atoms with Gasteiger partial charge in [0.05, 0.1) is 13.2 Å². The van der Waals surface area contributed by atoms with E-state index in [2.05, 4.69) is 4.74 Å². The van der Waals surface area contributed by atoms with Crippen LogP contribution in [0.5, 0.6) is 0 Å². The minimum absolute atomic E-state index is 0.157. The van der Waals surface area contributed by atoms with Crippen LogP contribution in [-0.4, -0.2) is 52.3 Å². The lowest BCUT2D eigenvalue weighted by molar-refractivity contribution is -0.145. The van der Waals surface area contributed by atoms with Crippen LogP contribution in [0.25, 0.3) is 0 Å². The van der Waals surface area contributed by atoms with Gasteiger partial charge in [0, 0.05) is 26.2 Å². The second-order valence-corrected chi connectivity index (χ2v) is 4.39. The molecule has 0 aliphatic carbocycles. The van der Waals surface area contributed by atoms with E-state index < -0.39 is 18.1 Å². The number of esters is 1. The molecule has 0 aromatic carbocycles. The second-order valence-electron chi connectivity index (χ2n) is 4.39. The lowest BCUT2D eigenvalue weighted by Crippen LogP contribution is -2.41. The van der Waals surface area contributed by atoms with Gasteiger partial charge < -0.3 is 19.3 Å². The Morgan fingerprint density at radius 3 is 2.78 bits per heavy atom. The first kappa shape index (κ1) is 12.6. The van der Waals surface area contributed by atoms with Gasteiger partial charge >= 0.3 is 5.97 Å². The molecular formula is C12H16N2O4. The molecule has 0 radical (unpaired) electrons. The van der Waals surface area contributed by atoms with Gasteiger partial charge in [-0.2, -0.15) is 0 Å². The Labute approximate surface area is 105 Å². The van der Waals surface area contributed by atoms with Crippen molar-refractivity contribution < 1.29 is 19.4 Å². The molecule has 1 aliphatic heterocycles. The molecule has 0 spiro atoms. The molecule has 1 amide bonds. The molecule has 2 atom stereocenters. The molecular weight excluding hydrogens is 236 g/mol. The van der Waals surface area contributed by atoms with Crippen molar-refractivity contribution in [1.82, 2.24) is 9.47 Å². The van der Waals surface area contributed by atoms with Gasteiger partial charge in [-0.1, -0.05) is 0 Å². The van der Waals surface area contributed by atoms with Crippen LogP contribution in [0.1, 0.15) is 16.9 Å². The van der Waals surface area contributed by atoms with E-state index in [1.807, 2.05) is 0 Å². The SMILES string of the molecule is COC(=O)[C@H]1C[C@@H](O)CN1C(=O)c1cccn1C. The third kappa shape index (κ3) is 2.11. The van der Waals surface area contributed by atoms with Crippen molar-refractivity contribution in [3.05, 3.63) is 24.0 Å². The molecule has 1 fully saturated rings. The van der Waals surface area contributed by atoms with E-state index in [-0.39, 0.29) is 18.9 Å². The fourth-order valence-electron chi connectivity index (χ4n) is 2.23. The highest BCUT2D eigenvalue weighted by Gasteiger charge is 2.40. The lowest BCUT2D eigenvalue weighted by atomic mass is 10.2. The fraction of sp³-hybridized carbons (Fsp3) is 0.500. The van der Waals surface area contributed by atoms with E-state index in [0.29, 0.717) is 5.69 Å². The van der Waals surface area contributed by atoms with Gasteiger partial charge in [-0.3, -0.25) is 4.79 Å². The van der Waals surface area contributed by atoms with Crippen molar-refractivity contribution in [1.29, 1.82) is 0 Å². The molecule has 98 valence electrons. The van der Waals surface area contributed by atoms with Crippen molar-refractivity contribution >= 4 is 11.9 Å². The highest BCUT2D eigenvalue weighted by Crippen LogP contribution is 2.21. The van der Waals surface area contributed by atoms with E-state index in [4.69, 9.17) is 0 Å². The summed E-state index contributed by atoms with van der Waals surface area (Å²) in [7, 11) is 3.03. The maximum atomic E-state index is 12.3. The molecule has 1 N–H and O–H groups in total. The minimum Gasteiger partial charge on any atom is -0.467 e. The number of hydrogen-bond acceptors (Lipinski definition) is 4. The monoisotopic (exact) mass is 252 g/mol. The van der Waals surface area contributed by atoms with Crippen LogP contribution in [0.4, 0.5) is 0 Å². The summed E-state index contributed by atoms with van der Waals surface area (Å²) in [6, 6.07) is 2.74. The number of likely N-dealkylation sites (tertiary alicyclic amines) is 1. The van der Waals surface area contributed by atoms with E-state index in [1.54, 1.807) is 29.9 Å². The van der Waals surface area contributed by atoms with Gasteiger partial charge in [0.15, 0.2) is 0 Å². The highest BCUT2D eigenvalue weighted by atomic mass is 16.5. The summed E-state index contributed by atoms with van der Waals surface area (Å²) in [6.07, 6.45) is 1.30. The Hall–Kier alpha value is -1.82. The standard InChI is InChI=1S/C12H16N2O4/c1-13-5-3-4-9(13)11(16)14-7-8(15)6-10(14)12(17)18-2/h3-5,8,10,15H,6-7H2,1-2H3/t8-,10-/m1/s1. The van der Waals surface area contributed by atoms with E-state index in [9.17, 15) is 14.7 Å². The van der Waals surface area contributed by atoms with Crippen LogP contribution >= 0.6 is 0 Å². The third-order valence-corrected chi connectivity index (χ3v) is 3.18. The number of ether oxygens (including phenoxy) is 1. The van der Waals surface area contributed by atoms with Crippen LogP contribution in [0.15, 0.2) is 18.3 Å². The summed E-state index contributed by atoms with van der Waals surface area (Å²) in [5, 5.41) is 9.62. The second kappa shape index (κ2) is 4.81. The zero-order valence-corrected chi connectivity index (χ0v) is 10.4. The predicted molar refractivity (Wildman–Crippen MR) is 62.9 cm³/mol. The van der Waals surface area contributed by atoms with Gasteiger partial charge in [0.25, 0.3) is 5.91 Å². The smallest absolute Gasteiger partial charge is 0.328 e. The van der Waals surface area contributed by atoms with Gasteiger partial charge in [-0.15, -0.1) is 0 Å². The summed E-state index contributed by atoms with van der Waals surface area (Å²) >= 11 is 0. The number of aliphatic hydroxyl groups is 1. The zero-order valence-electron chi connectivity index (χ0n) is 10.4. The molecule has 0 unspecified atom stereocenters. The molecule has 0 saturated carbocycles. The molecule has 2 heterocycles. The maximum Gasteiger partial charge on any atom is 0.328 e. The lowest BCUT2D eigenvalue weighted by Gasteiger charge is -2.22. The van der Waals surface area contributed by atoms with Crippen LogP contribution in [0, 0.1) is 0 Å². The van der Waals surface area contributed by atoms with Crippen molar-refractivity contribution in [2.45, 2.75) is 18.6 Å². The number of carbonyl (C=O) groups is 2. The minimum atomic E-state index is -0.701. The number of aryl methyl sites for hydroxylation is 1. The number of β-amino-alcohol motifs (C(OH)–C–C–N with tert-alkyl or cyclic N) is 1. The van der Waals surface area contributed by atoms with E-state index in [0.717, 1.165) is 0 Å². The number of rotatable bonds is 2. The molecule has 1 aliphatic rings. The first-order chi connectivity index (χ1) is 8.54. The van der Waals surface area contributed by atoms with Gasteiger partial charge in [-0.25, -0.2) is 4.79 Å². The zero-order chi connectivity index (χ0) is 13.3. The highest BCUT2D eigenvalue weighted by molar-refractivity contribution is 5.96. The normalized spacial score (nSPS) is 23.2. The van der Waals surface area contributed by atoms with E-state index in [1.165, 1.54) is 12.0 Å². The van der Waals surface area contributed by atoms with Gasteiger partial charge in [0.2, 0.25) is 0 Å².